The van der Waals surface area contributed by atoms with Crippen LogP contribution in [0.3, 0.4) is 0 Å². The SMILES string of the molecule is CCCCCN(C)c1ccc(C)cc1C#N. The number of hydrogen-bond acceptors (Lipinski definition) is 2. The number of anilines is 1. The highest BCUT2D eigenvalue weighted by Crippen LogP contribution is 2.20. The minimum Gasteiger partial charge on any atom is -0.374 e. The summed E-state index contributed by atoms with van der Waals surface area (Å²) in [7, 11) is 2.06. The lowest BCUT2D eigenvalue weighted by Gasteiger charge is -2.20. The molecule has 1 aromatic rings. The second-order valence-corrected chi connectivity index (χ2v) is 4.26. The van der Waals surface area contributed by atoms with Crippen molar-refractivity contribution >= 4 is 5.69 Å². The van der Waals surface area contributed by atoms with Crippen LogP contribution in [0.25, 0.3) is 0 Å². The Morgan fingerprint density at radius 3 is 2.69 bits per heavy atom. The molecule has 0 bridgehead atoms. The lowest BCUT2D eigenvalue weighted by atomic mass is 10.1. The molecule has 0 heterocycles. The first-order valence-electron chi connectivity index (χ1n) is 5.91. The van der Waals surface area contributed by atoms with E-state index >= 15 is 0 Å². The summed E-state index contributed by atoms with van der Waals surface area (Å²) in [4.78, 5) is 2.17. The van der Waals surface area contributed by atoms with E-state index in [-0.39, 0.29) is 0 Å². The van der Waals surface area contributed by atoms with E-state index < -0.39 is 0 Å². The summed E-state index contributed by atoms with van der Waals surface area (Å²) >= 11 is 0. The Morgan fingerprint density at radius 2 is 2.06 bits per heavy atom. The van der Waals surface area contributed by atoms with Crippen LogP contribution in [0.5, 0.6) is 0 Å². The van der Waals surface area contributed by atoms with Crippen LogP contribution in [0.4, 0.5) is 5.69 Å². The second kappa shape index (κ2) is 6.17. The predicted molar refractivity (Wildman–Crippen MR) is 68.7 cm³/mol. The molecular weight excluding hydrogens is 196 g/mol. The molecule has 0 aliphatic rings. The van der Waals surface area contributed by atoms with Crippen LogP contribution in [0.15, 0.2) is 18.2 Å². The first kappa shape index (κ1) is 12.6. The van der Waals surface area contributed by atoms with Crippen molar-refractivity contribution in [1.82, 2.24) is 0 Å². The van der Waals surface area contributed by atoms with E-state index in [9.17, 15) is 0 Å². The van der Waals surface area contributed by atoms with Gasteiger partial charge in [-0.3, -0.25) is 0 Å². The molecular formula is C14H20N2. The molecule has 0 saturated carbocycles. The molecule has 0 atom stereocenters. The Bertz CT molecular complexity index is 377. The summed E-state index contributed by atoms with van der Waals surface area (Å²) in [5.74, 6) is 0. The number of hydrogen-bond donors (Lipinski definition) is 0. The predicted octanol–water partition coefficient (Wildman–Crippen LogP) is 3.49. The zero-order chi connectivity index (χ0) is 12.0. The third-order valence-electron chi connectivity index (χ3n) is 2.78. The maximum atomic E-state index is 9.09. The molecule has 1 aromatic carbocycles. The molecule has 0 unspecified atom stereocenters. The fraction of sp³-hybridized carbons (Fsp3) is 0.500. The molecule has 0 amide bonds. The van der Waals surface area contributed by atoms with E-state index in [4.69, 9.17) is 5.26 Å². The number of unbranched alkanes of at least 4 members (excludes halogenated alkanes) is 2. The summed E-state index contributed by atoms with van der Waals surface area (Å²) < 4.78 is 0. The molecule has 0 aliphatic heterocycles. The van der Waals surface area contributed by atoms with E-state index in [1.807, 2.05) is 19.1 Å². The molecule has 1 rings (SSSR count). The zero-order valence-corrected chi connectivity index (χ0v) is 10.5. The van der Waals surface area contributed by atoms with Gasteiger partial charge in [0.15, 0.2) is 0 Å². The van der Waals surface area contributed by atoms with Gasteiger partial charge in [0.1, 0.15) is 6.07 Å². The average Bonchev–Trinajstić information content (AvgIpc) is 2.29. The van der Waals surface area contributed by atoms with E-state index in [1.165, 1.54) is 19.3 Å². The second-order valence-electron chi connectivity index (χ2n) is 4.26. The van der Waals surface area contributed by atoms with Crippen molar-refractivity contribution in [2.45, 2.75) is 33.1 Å². The third kappa shape index (κ3) is 3.27. The molecule has 0 radical (unpaired) electrons. The molecule has 2 heteroatoms. The molecule has 0 fully saturated rings. The molecule has 16 heavy (non-hydrogen) atoms. The van der Waals surface area contributed by atoms with Gasteiger partial charge >= 0.3 is 0 Å². The monoisotopic (exact) mass is 216 g/mol. The Hall–Kier alpha value is -1.49. The maximum Gasteiger partial charge on any atom is 0.101 e. The van der Waals surface area contributed by atoms with E-state index in [0.29, 0.717) is 0 Å². The zero-order valence-electron chi connectivity index (χ0n) is 10.5. The topological polar surface area (TPSA) is 27.0 Å². The molecule has 86 valence electrons. The number of aryl methyl sites for hydroxylation is 1. The van der Waals surface area contributed by atoms with Crippen molar-refractivity contribution in [3.63, 3.8) is 0 Å². The fourth-order valence-corrected chi connectivity index (χ4v) is 1.79. The van der Waals surface area contributed by atoms with E-state index in [0.717, 1.165) is 23.4 Å². The Labute approximate surface area is 98.5 Å². The van der Waals surface area contributed by atoms with Crippen LogP contribution in [0, 0.1) is 18.3 Å². The smallest absolute Gasteiger partial charge is 0.101 e. The minimum absolute atomic E-state index is 0.777. The van der Waals surface area contributed by atoms with Gasteiger partial charge in [-0.25, -0.2) is 0 Å². The van der Waals surface area contributed by atoms with Gasteiger partial charge in [0.05, 0.1) is 11.3 Å². The molecule has 0 spiro atoms. The summed E-state index contributed by atoms with van der Waals surface area (Å²) in [6.45, 7) is 5.24. The van der Waals surface area contributed by atoms with Gasteiger partial charge in [-0.15, -0.1) is 0 Å². The normalized spacial score (nSPS) is 9.88. The van der Waals surface area contributed by atoms with Gasteiger partial charge in [-0.2, -0.15) is 5.26 Å². The lowest BCUT2D eigenvalue weighted by molar-refractivity contribution is 0.705. The largest absolute Gasteiger partial charge is 0.374 e. The standard InChI is InChI=1S/C14H20N2/c1-4-5-6-9-16(3)14-8-7-12(2)10-13(14)11-15/h7-8,10H,4-6,9H2,1-3H3. The van der Waals surface area contributed by atoms with Gasteiger partial charge in [-0.1, -0.05) is 25.8 Å². The minimum atomic E-state index is 0.777. The Morgan fingerprint density at radius 1 is 1.31 bits per heavy atom. The first-order valence-corrected chi connectivity index (χ1v) is 5.91. The summed E-state index contributed by atoms with van der Waals surface area (Å²) in [5.41, 5.74) is 2.96. The number of rotatable bonds is 5. The van der Waals surface area contributed by atoms with Gasteiger partial charge in [0.2, 0.25) is 0 Å². The maximum absolute atomic E-state index is 9.09. The van der Waals surface area contributed by atoms with Crippen LogP contribution in [0.1, 0.15) is 37.3 Å². The number of nitriles is 1. The van der Waals surface area contributed by atoms with Crippen molar-refractivity contribution < 1.29 is 0 Å². The highest BCUT2D eigenvalue weighted by molar-refractivity contribution is 5.59. The van der Waals surface area contributed by atoms with Crippen LogP contribution in [-0.4, -0.2) is 13.6 Å². The van der Waals surface area contributed by atoms with E-state index in [2.05, 4.69) is 31.0 Å². The highest BCUT2D eigenvalue weighted by atomic mass is 15.1. The molecule has 0 aliphatic carbocycles. The molecule has 0 aromatic heterocycles. The van der Waals surface area contributed by atoms with Crippen LogP contribution in [-0.2, 0) is 0 Å². The van der Waals surface area contributed by atoms with Crippen LogP contribution in [0.2, 0.25) is 0 Å². The summed E-state index contributed by atoms with van der Waals surface area (Å²) in [6, 6.07) is 8.32. The van der Waals surface area contributed by atoms with E-state index in [1.54, 1.807) is 0 Å². The fourth-order valence-electron chi connectivity index (χ4n) is 1.79. The average molecular weight is 216 g/mol. The highest BCUT2D eigenvalue weighted by Gasteiger charge is 2.06. The van der Waals surface area contributed by atoms with Gasteiger partial charge in [0, 0.05) is 13.6 Å². The Balaban J connectivity index is 2.75. The van der Waals surface area contributed by atoms with Gasteiger partial charge in [0.25, 0.3) is 0 Å². The van der Waals surface area contributed by atoms with Crippen molar-refractivity contribution in [3.05, 3.63) is 29.3 Å². The van der Waals surface area contributed by atoms with Crippen molar-refractivity contribution in [3.8, 4) is 6.07 Å². The third-order valence-corrected chi connectivity index (χ3v) is 2.78. The quantitative estimate of drug-likeness (QED) is 0.704. The summed E-state index contributed by atoms with van der Waals surface area (Å²) in [5, 5.41) is 9.09. The van der Waals surface area contributed by atoms with Crippen molar-refractivity contribution in [2.75, 3.05) is 18.5 Å². The lowest BCUT2D eigenvalue weighted by Crippen LogP contribution is -2.19. The molecule has 2 nitrogen and oxygen atoms in total. The van der Waals surface area contributed by atoms with Crippen molar-refractivity contribution in [2.24, 2.45) is 0 Å². The molecule has 0 saturated heterocycles. The van der Waals surface area contributed by atoms with Crippen LogP contribution >= 0.6 is 0 Å². The van der Waals surface area contributed by atoms with Crippen molar-refractivity contribution in [1.29, 1.82) is 5.26 Å². The van der Waals surface area contributed by atoms with Gasteiger partial charge < -0.3 is 4.90 Å². The number of benzene rings is 1. The van der Waals surface area contributed by atoms with Crippen LogP contribution < -0.4 is 4.90 Å². The molecule has 0 N–H and O–H groups in total. The number of nitrogens with zero attached hydrogens (tertiary/aromatic N) is 2. The Kier molecular flexibility index (Phi) is 4.85. The first-order chi connectivity index (χ1) is 7.69. The summed E-state index contributed by atoms with van der Waals surface area (Å²) in [6.07, 6.45) is 3.66. The van der Waals surface area contributed by atoms with Gasteiger partial charge in [-0.05, 0) is 31.0 Å².